The van der Waals surface area contributed by atoms with Gasteiger partial charge in [0.05, 0.1) is 12.7 Å². The molecule has 0 aliphatic heterocycles. The first-order chi connectivity index (χ1) is 4.16. The number of rotatable bonds is 4. The SMILES string of the molecule is [CH2]C(O)CN(C)CCO. The summed E-state index contributed by atoms with van der Waals surface area (Å²) in [5, 5.41) is 17.1. The zero-order valence-electron chi connectivity index (χ0n) is 5.75. The first-order valence-electron chi connectivity index (χ1n) is 2.97. The van der Waals surface area contributed by atoms with Crippen LogP contribution in [0.15, 0.2) is 0 Å². The monoisotopic (exact) mass is 132 g/mol. The molecule has 0 fully saturated rings. The molecule has 0 aromatic heterocycles. The fourth-order valence-corrected chi connectivity index (χ4v) is 0.622. The van der Waals surface area contributed by atoms with E-state index < -0.39 is 6.10 Å². The lowest BCUT2D eigenvalue weighted by Crippen LogP contribution is -2.29. The molecule has 0 aromatic rings. The van der Waals surface area contributed by atoms with Crippen LogP contribution < -0.4 is 0 Å². The Bertz CT molecular complexity index is 66.1. The van der Waals surface area contributed by atoms with Crippen LogP contribution in [0.2, 0.25) is 0 Å². The zero-order valence-corrected chi connectivity index (χ0v) is 5.75. The van der Waals surface area contributed by atoms with Gasteiger partial charge in [-0.1, -0.05) is 0 Å². The molecular formula is C6H14NO2. The van der Waals surface area contributed by atoms with E-state index in [4.69, 9.17) is 10.2 Å². The van der Waals surface area contributed by atoms with Crippen LogP contribution in [0.4, 0.5) is 0 Å². The summed E-state index contributed by atoms with van der Waals surface area (Å²) in [4.78, 5) is 1.82. The second-order valence-corrected chi connectivity index (χ2v) is 2.14. The highest BCUT2D eigenvalue weighted by Gasteiger charge is 1.99. The summed E-state index contributed by atoms with van der Waals surface area (Å²) in [5.41, 5.74) is 0. The Morgan fingerprint density at radius 2 is 2.22 bits per heavy atom. The summed E-state index contributed by atoms with van der Waals surface area (Å²) in [6.45, 7) is 4.63. The molecule has 0 saturated carbocycles. The summed E-state index contributed by atoms with van der Waals surface area (Å²) in [6.07, 6.45) is -0.554. The van der Waals surface area contributed by atoms with E-state index in [2.05, 4.69) is 6.92 Å². The summed E-state index contributed by atoms with van der Waals surface area (Å²) in [7, 11) is 1.82. The normalized spacial score (nSPS) is 14.3. The average molecular weight is 132 g/mol. The molecule has 0 amide bonds. The second kappa shape index (κ2) is 4.73. The lowest BCUT2D eigenvalue weighted by molar-refractivity contribution is 0.144. The molecule has 3 nitrogen and oxygen atoms in total. The van der Waals surface area contributed by atoms with Crippen molar-refractivity contribution in [3.8, 4) is 0 Å². The van der Waals surface area contributed by atoms with Crippen LogP contribution in [-0.2, 0) is 0 Å². The maximum atomic E-state index is 8.72. The maximum absolute atomic E-state index is 8.72. The number of aliphatic hydroxyl groups excluding tert-OH is 2. The van der Waals surface area contributed by atoms with Gasteiger partial charge in [0.25, 0.3) is 0 Å². The van der Waals surface area contributed by atoms with Gasteiger partial charge >= 0.3 is 0 Å². The van der Waals surface area contributed by atoms with Crippen LogP contribution in [-0.4, -0.2) is 48.0 Å². The van der Waals surface area contributed by atoms with Crippen molar-refractivity contribution in [2.24, 2.45) is 0 Å². The van der Waals surface area contributed by atoms with Crippen molar-refractivity contribution in [2.45, 2.75) is 6.10 Å². The van der Waals surface area contributed by atoms with Gasteiger partial charge in [0, 0.05) is 13.1 Å². The molecule has 1 atom stereocenters. The van der Waals surface area contributed by atoms with E-state index in [-0.39, 0.29) is 6.61 Å². The van der Waals surface area contributed by atoms with Gasteiger partial charge in [-0.2, -0.15) is 0 Å². The van der Waals surface area contributed by atoms with Crippen molar-refractivity contribution < 1.29 is 10.2 Å². The van der Waals surface area contributed by atoms with Crippen molar-refractivity contribution >= 4 is 0 Å². The minimum absolute atomic E-state index is 0.128. The Morgan fingerprint density at radius 1 is 1.67 bits per heavy atom. The molecule has 0 aliphatic rings. The van der Waals surface area contributed by atoms with Crippen LogP contribution in [0, 0.1) is 6.92 Å². The van der Waals surface area contributed by atoms with E-state index in [1.807, 2.05) is 11.9 Å². The largest absolute Gasteiger partial charge is 0.395 e. The molecule has 55 valence electrons. The third kappa shape index (κ3) is 5.76. The van der Waals surface area contributed by atoms with Crippen molar-refractivity contribution in [1.29, 1.82) is 0 Å². The predicted molar refractivity (Wildman–Crippen MR) is 35.9 cm³/mol. The lowest BCUT2D eigenvalue weighted by atomic mass is 10.4. The van der Waals surface area contributed by atoms with Crippen LogP contribution in [0.1, 0.15) is 0 Å². The fourth-order valence-electron chi connectivity index (χ4n) is 0.622. The highest BCUT2D eigenvalue weighted by atomic mass is 16.3. The number of hydrogen-bond donors (Lipinski definition) is 2. The minimum Gasteiger partial charge on any atom is -0.395 e. The van der Waals surface area contributed by atoms with Crippen molar-refractivity contribution in [3.63, 3.8) is 0 Å². The molecule has 0 rings (SSSR count). The van der Waals surface area contributed by atoms with Crippen molar-refractivity contribution in [3.05, 3.63) is 6.92 Å². The Kier molecular flexibility index (Phi) is 4.67. The van der Waals surface area contributed by atoms with E-state index in [0.717, 1.165) is 0 Å². The van der Waals surface area contributed by atoms with Crippen LogP contribution in [0.3, 0.4) is 0 Å². The number of likely N-dealkylation sites (N-methyl/N-ethyl adjacent to an activating group) is 1. The summed E-state index contributed by atoms with van der Waals surface area (Å²) in [5.74, 6) is 0. The van der Waals surface area contributed by atoms with Gasteiger partial charge in [0.2, 0.25) is 0 Å². The molecule has 0 heterocycles. The van der Waals surface area contributed by atoms with Gasteiger partial charge in [-0.15, -0.1) is 0 Å². The standard InChI is InChI=1S/C6H14NO2/c1-6(9)5-7(2)3-4-8/h6,8-9H,1,3-5H2,2H3. The van der Waals surface area contributed by atoms with Crippen LogP contribution in [0.5, 0.6) is 0 Å². The van der Waals surface area contributed by atoms with Crippen LogP contribution in [0.25, 0.3) is 0 Å². The number of hydrogen-bond acceptors (Lipinski definition) is 3. The van der Waals surface area contributed by atoms with Gasteiger partial charge in [-0.3, -0.25) is 0 Å². The average Bonchev–Trinajstić information content (AvgIpc) is 1.63. The first kappa shape index (κ1) is 8.88. The number of nitrogens with zero attached hydrogens (tertiary/aromatic N) is 1. The molecular weight excluding hydrogens is 118 g/mol. The Labute approximate surface area is 55.9 Å². The van der Waals surface area contributed by atoms with Gasteiger partial charge in [0.1, 0.15) is 0 Å². The van der Waals surface area contributed by atoms with Crippen molar-refractivity contribution in [2.75, 3.05) is 26.7 Å². The molecule has 1 unspecified atom stereocenters. The third-order valence-electron chi connectivity index (χ3n) is 1.00. The molecule has 1 radical (unpaired) electrons. The van der Waals surface area contributed by atoms with E-state index in [1.54, 1.807) is 0 Å². The molecule has 9 heavy (non-hydrogen) atoms. The Hall–Kier alpha value is -0.120. The van der Waals surface area contributed by atoms with E-state index in [1.165, 1.54) is 0 Å². The Balaban J connectivity index is 3.15. The lowest BCUT2D eigenvalue weighted by Gasteiger charge is -2.15. The van der Waals surface area contributed by atoms with Gasteiger partial charge < -0.3 is 15.1 Å². The topological polar surface area (TPSA) is 43.7 Å². The molecule has 3 heteroatoms. The van der Waals surface area contributed by atoms with Crippen LogP contribution >= 0.6 is 0 Å². The highest BCUT2D eigenvalue weighted by molar-refractivity contribution is 4.61. The smallest absolute Gasteiger partial charge is 0.0668 e. The van der Waals surface area contributed by atoms with Gasteiger partial charge in [-0.05, 0) is 14.0 Å². The molecule has 0 bridgehead atoms. The molecule has 0 aliphatic carbocycles. The van der Waals surface area contributed by atoms with Gasteiger partial charge in [-0.25, -0.2) is 0 Å². The van der Waals surface area contributed by atoms with Crippen molar-refractivity contribution in [1.82, 2.24) is 4.90 Å². The summed E-state index contributed by atoms with van der Waals surface area (Å²) < 4.78 is 0. The predicted octanol–water partition coefficient (Wildman–Crippen LogP) is -0.895. The third-order valence-corrected chi connectivity index (χ3v) is 1.00. The van der Waals surface area contributed by atoms with E-state index in [9.17, 15) is 0 Å². The minimum atomic E-state index is -0.554. The first-order valence-corrected chi connectivity index (χ1v) is 2.97. The Morgan fingerprint density at radius 3 is 2.56 bits per heavy atom. The molecule has 0 aromatic carbocycles. The highest BCUT2D eigenvalue weighted by Crippen LogP contribution is 1.84. The summed E-state index contributed by atoms with van der Waals surface area (Å²) >= 11 is 0. The zero-order chi connectivity index (χ0) is 7.28. The fraction of sp³-hybridized carbons (Fsp3) is 0.833. The number of aliphatic hydroxyl groups is 2. The summed E-state index contributed by atoms with van der Waals surface area (Å²) in [6, 6.07) is 0. The quantitative estimate of drug-likeness (QED) is 0.521. The van der Waals surface area contributed by atoms with E-state index in [0.29, 0.717) is 13.1 Å². The van der Waals surface area contributed by atoms with Gasteiger partial charge in [0.15, 0.2) is 0 Å². The molecule has 0 spiro atoms. The maximum Gasteiger partial charge on any atom is 0.0668 e. The molecule has 0 saturated heterocycles. The molecule has 2 N–H and O–H groups in total. The second-order valence-electron chi connectivity index (χ2n) is 2.14. The van der Waals surface area contributed by atoms with E-state index >= 15 is 0 Å².